The van der Waals surface area contributed by atoms with Crippen LogP contribution in [0.4, 0.5) is 0 Å². The Morgan fingerprint density at radius 3 is 2.94 bits per heavy atom. The molecule has 1 heterocycles. The molecule has 0 saturated heterocycles. The summed E-state index contributed by atoms with van der Waals surface area (Å²) in [5, 5.41) is 2.96. The standard InChI is InChI=1S/C12H15BrN2O3/c13-9-4-8(6-15-7-11(14)16)5-10-12(9)18-3-1-2-17-10/h4-5,15H,1-3,6-7H2,(H2,14,16). The van der Waals surface area contributed by atoms with Gasteiger partial charge in [0.1, 0.15) is 0 Å². The number of primary amides is 1. The zero-order chi connectivity index (χ0) is 13.0. The van der Waals surface area contributed by atoms with E-state index >= 15 is 0 Å². The van der Waals surface area contributed by atoms with Gasteiger partial charge in [-0.3, -0.25) is 4.79 Å². The highest BCUT2D eigenvalue weighted by atomic mass is 79.9. The van der Waals surface area contributed by atoms with Gasteiger partial charge in [0.2, 0.25) is 5.91 Å². The van der Waals surface area contributed by atoms with Crippen LogP contribution in [0.2, 0.25) is 0 Å². The molecule has 1 aliphatic heterocycles. The number of carbonyl (C=O) groups is 1. The van der Waals surface area contributed by atoms with Crippen LogP contribution in [0.25, 0.3) is 0 Å². The summed E-state index contributed by atoms with van der Waals surface area (Å²) in [5.74, 6) is 1.10. The van der Waals surface area contributed by atoms with E-state index in [9.17, 15) is 4.79 Å². The van der Waals surface area contributed by atoms with Crippen molar-refractivity contribution in [2.45, 2.75) is 13.0 Å². The van der Waals surface area contributed by atoms with Crippen LogP contribution in [0.5, 0.6) is 11.5 Å². The molecule has 0 radical (unpaired) electrons. The number of nitrogens with two attached hydrogens (primary N) is 1. The molecule has 0 spiro atoms. The fourth-order valence-electron chi connectivity index (χ4n) is 1.72. The number of ether oxygens (including phenoxy) is 2. The number of amides is 1. The highest BCUT2D eigenvalue weighted by Gasteiger charge is 2.15. The zero-order valence-corrected chi connectivity index (χ0v) is 11.5. The normalized spacial score (nSPS) is 14.1. The van der Waals surface area contributed by atoms with Crippen LogP contribution in [-0.4, -0.2) is 25.7 Å². The van der Waals surface area contributed by atoms with Crippen molar-refractivity contribution in [3.8, 4) is 11.5 Å². The Morgan fingerprint density at radius 1 is 1.39 bits per heavy atom. The lowest BCUT2D eigenvalue weighted by Crippen LogP contribution is -2.28. The fraction of sp³-hybridized carbons (Fsp3) is 0.417. The third kappa shape index (κ3) is 3.36. The van der Waals surface area contributed by atoms with E-state index in [4.69, 9.17) is 15.2 Å². The van der Waals surface area contributed by atoms with Crippen LogP contribution >= 0.6 is 15.9 Å². The first-order valence-electron chi connectivity index (χ1n) is 5.74. The zero-order valence-electron chi connectivity index (χ0n) is 9.87. The monoisotopic (exact) mass is 314 g/mol. The van der Waals surface area contributed by atoms with E-state index in [1.807, 2.05) is 12.1 Å². The first-order chi connectivity index (χ1) is 8.66. The third-order valence-corrected chi connectivity index (χ3v) is 3.08. The third-order valence-electron chi connectivity index (χ3n) is 2.49. The average molecular weight is 315 g/mol. The Balaban J connectivity index is 2.10. The van der Waals surface area contributed by atoms with Crippen molar-refractivity contribution in [3.05, 3.63) is 22.2 Å². The highest BCUT2D eigenvalue weighted by molar-refractivity contribution is 9.10. The van der Waals surface area contributed by atoms with Gasteiger partial charge in [0.15, 0.2) is 11.5 Å². The van der Waals surface area contributed by atoms with Gasteiger partial charge in [-0.2, -0.15) is 0 Å². The maximum atomic E-state index is 10.6. The topological polar surface area (TPSA) is 73.6 Å². The molecule has 0 aliphatic carbocycles. The van der Waals surface area contributed by atoms with Crippen molar-refractivity contribution in [2.75, 3.05) is 19.8 Å². The minimum absolute atomic E-state index is 0.159. The molecule has 6 heteroatoms. The van der Waals surface area contributed by atoms with Crippen LogP contribution in [0, 0.1) is 0 Å². The lowest BCUT2D eigenvalue weighted by atomic mass is 10.2. The maximum absolute atomic E-state index is 10.6. The Bertz CT molecular complexity index is 451. The summed E-state index contributed by atoms with van der Waals surface area (Å²) < 4.78 is 12.1. The van der Waals surface area contributed by atoms with E-state index in [1.54, 1.807) is 0 Å². The van der Waals surface area contributed by atoms with Crippen molar-refractivity contribution in [2.24, 2.45) is 5.73 Å². The second-order valence-electron chi connectivity index (χ2n) is 4.03. The summed E-state index contributed by atoms with van der Waals surface area (Å²) in [6.45, 7) is 2.02. The number of hydrogen-bond acceptors (Lipinski definition) is 4. The van der Waals surface area contributed by atoms with Gasteiger partial charge in [0.25, 0.3) is 0 Å². The van der Waals surface area contributed by atoms with Gasteiger partial charge in [-0.1, -0.05) is 0 Å². The number of carbonyl (C=O) groups excluding carboxylic acids is 1. The maximum Gasteiger partial charge on any atom is 0.231 e. The van der Waals surface area contributed by atoms with Crippen molar-refractivity contribution in [3.63, 3.8) is 0 Å². The molecule has 1 aromatic carbocycles. The first kappa shape index (κ1) is 13.2. The quantitative estimate of drug-likeness (QED) is 0.875. The molecule has 0 saturated carbocycles. The highest BCUT2D eigenvalue weighted by Crippen LogP contribution is 2.38. The minimum Gasteiger partial charge on any atom is -0.490 e. The molecule has 1 amide bonds. The number of benzene rings is 1. The molecule has 18 heavy (non-hydrogen) atoms. The first-order valence-corrected chi connectivity index (χ1v) is 6.53. The second-order valence-corrected chi connectivity index (χ2v) is 4.88. The SMILES string of the molecule is NC(=O)CNCc1cc(Br)c2c(c1)OCCCO2. The van der Waals surface area contributed by atoms with Gasteiger partial charge < -0.3 is 20.5 Å². The second kappa shape index (κ2) is 6.06. The molecule has 2 rings (SSSR count). The Morgan fingerprint density at radius 2 is 2.17 bits per heavy atom. The lowest BCUT2D eigenvalue weighted by molar-refractivity contribution is -0.117. The van der Waals surface area contributed by atoms with E-state index in [0.717, 1.165) is 28.0 Å². The summed E-state index contributed by atoms with van der Waals surface area (Å²) in [5.41, 5.74) is 6.07. The van der Waals surface area contributed by atoms with E-state index in [1.165, 1.54) is 0 Å². The number of rotatable bonds is 4. The van der Waals surface area contributed by atoms with Gasteiger partial charge in [0.05, 0.1) is 24.2 Å². The Kier molecular flexibility index (Phi) is 4.43. The fourth-order valence-corrected chi connectivity index (χ4v) is 2.32. The van der Waals surface area contributed by atoms with Crippen LogP contribution in [0.15, 0.2) is 16.6 Å². The molecule has 1 aromatic rings. The predicted octanol–water partition coefficient (Wildman–Crippen LogP) is 1.19. The summed E-state index contributed by atoms with van der Waals surface area (Å²) in [6.07, 6.45) is 0.871. The minimum atomic E-state index is -0.372. The number of nitrogens with one attached hydrogen (secondary N) is 1. The molecule has 1 aliphatic rings. The molecule has 0 fully saturated rings. The van der Waals surface area contributed by atoms with Crippen molar-refractivity contribution in [1.29, 1.82) is 0 Å². The molecule has 5 nitrogen and oxygen atoms in total. The van der Waals surface area contributed by atoms with Gasteiger partial charge >= 0.3 is 0 Å². The van der Waals surface area contributed by atoms with Crippen LogP contribution in [0.1, 0.15) is 12.0 Å². The summed E-state index contributed by atoms with van der Waals surface area (Å²) >= 11 is 3.46. The average Bonchev–Trinajstić information content (AvgIpc) is 2.54. The largest absolute Gasteiger partial charge is 0.490 e. The molecule has 98 valence electrons. The van der Waals surface area contributed by atoms with Gasteiger partial charge in [-0.15, -0.1) is 0 Å². The van der Waals surface area contributed by atoms with E-state index in [2.05, 4.69) is 21.2 Å². The summed E-state index contributed by atoms with van der Waals surface area (Å²) in [6, 6.07) is 3.86. The molecule has 0 unspecified atom stereocenters. The molecular weight excluding hydrogens is 300 g/mol. The summed E-state index contributed by atoms with van der Waals surface area (Å²) in [7, 11) is 0. The van der Waals surface area contributed by atoms with Crippen LogP contribution in [-0.2, 0) is 11.3 Å². The van der Waals surface area contributed by atoms with Crippen molar-refractivity contribution < 1.29 is 14.3 Å². The summed E-state index contributed by atoms with van der Waals surface area (Å²) in [4.78, 5) is 10.6. The molecule has 0 atom stereocenters. The van der Waals surface area contributed by atoms with Crippen LogP contribution in [0.3, 0.4) is 0 Å². The molecular formula is C12H15BrN2O3. The smallest absolute Gasteiger partial charge is 0.231 e. The molecule has 0 bridgehead atoms. The van der Waals surface area contributed by atoms with Crippen LogP contribution < -0.4 is 20.5 Å². The van der Waals surface area contributed by atoms with E-state index < -0.39 is 0 Å². The van der Waals surface area contributed by atoms with Crippen molar-refractivity contribution >= 4 is 21.8 Å². The number of hydrogen-bond donors (Lipinski definition) is 2. The Labute approximate surface area is 114 Å². The van der Waals surface area contributed by atoms with Gasteiger partial charge in [-0.05, 0) is 33.6 Å². The van der Waals surface area contributed by atoms with Gasteiger partial charge in [-0.25, -0.2) is 0 Å². The number of fused-ring (bicyclic) bond motifs is 1. The van der Waals surface area contributed by atoms with E-state index in [-0.39, 0.29) is 12.5 Å². The van der Waals surface area contributed by atoms with E-state index in [0.29, 0.717) is 19.8 Å². The predicted molar refractivity (Wildman–Crippen MR) is 70.7 cm³/mol. The van der Waals surface area contributed by atoms with Gasteiger partial charge in [0, 0.05) is 13.0 Å². The van der Waals surface area contributed by atoms with Crippen molar-refractivity contribution in [1.82, 2.24) is 5.32 Å². The number of halogens is 1. The lowest BCUT2D eigenvalue weighted by Gasteiger charge is -2.12. The molecule has 3 N–H and O–H groups in total. The Hall–Kier alpha value is -1.27. The molecule has 0 aromatic heterocycles.